The Kier molecular flexibility index (Phi) is 7.31. The van der Waals surface area contributed by atoms with E-state index in [1.165, 1.54) is 6.08 Å². The second-order valence-electron chi connectivity index (χ2n) is 5.82. The lowest BCUT2D eigenvalue weighted by Gasteiger charge is -2.16. The third kappa shape index (κ3) is 6.43. The number of hydrogen-bond acceptors (Lipinski definition) is 4. The minimum atomic E-state index is -1.23. The molecule has 0 heterocycles. The zero-order valence-corrected chi connectivity index (χ0v) is 15.3. The third-order valence-corrected chi connectivity index (χ3v) is 3.64. The molecule has 0 spiro atoms. The molecule has 2 aromatic rings. The molecule has 0 radical (unpaired) electrons. The lowest BCUT2D eigenvalue weighted by atomic mass is 10.1. The van der Waals surface area contributed by atoms with Crippen LogP contribution in [-0.4, -0.2) is 24.5 Å². The van der Waals surface area contributed by atoms with Gasteiger partial charge in [0.05, 0.1) is 0 Å². The van der Waals surface area contributed by atoms with Crippen LogP contribution >= 0.6 is 0 Å². The highest BCUT2D eigenvalue weighted by molar-refractivity contribution is 5.98. The number of nitrogens with one attached hydrogen (secondary N) is 2. The zero-order valence-electron chi connectivity index (χ0n) is 15.3. The molecule has 6 nitrogen and oxygen atoms in total. The molecule has 2 aromatic carbocycles. The molecule has 0 aliphatic rings. The van der Waals surface area contributed by atoms with Gasteiger partial charge in [0.25, 0.3) is 5.91 Å². The smallest absolute Gasteiger partial charge is 0.331 e. The summed E-state index contributed by atoms with van der Waals surface area (Å²) in [5, 5.41) is 4.64. The van der Waals surface area contributed by atoms with Crippen LogP contribution in [0.5, 0.6) is 0 Å². The first-order valence-corrected chi connectivity index (χ1v) is 8.58. The van der Waals surface area contributed by atoms with Crippen molar-refractivity contribution in [1.29, 1.82) is 0 Å². The van der Waals surface area contributed by atoms with Crippen LogP contribution in [0.2, 0.25) is 0 Å². The van der Waals surface area contributed by atoms with Crippen LogP contribution in [0.4, 0.5) is 4.79 Å². The number of urea groups is 1. The van der Waals surface area contributed by atoms with E-state index in [-0.39, 0.29) is 0 Å². The molecule has 1 atom stereocenters. The SMILES string of the molecule is CCNC(=O)NC(=O)[C@@H](OC(=O)/C=C/c1ccc(C)cc1)c1ccccc1. The van der Waals surface area contributed by atoms with Crippen LogP contribution in [0.25, 0.3) is 6.08 Å². The number of benzene rings is 2. The fourth-order valence-electron chi connectivity index (χ4n) is 2.28. The number of amides is 3. The van der Waals surface area contributed by atoms with Gasteiger partial charge in [-0.15, -0.1) is 0 Å². The first-order chi connectivity index (χ1) is 13.0. The highest BCUT2D eigenvalue weighted by Gasteiger charge is 2.25. The zero-order chi connectivity index (χ0) is 19.6. The second kappa shape index (κ2) is 9.91. The van der Waals surface area contributed by atoms with E-state index in [9.17, 15) is 14.4 Å². The van der Waals surface area contributed by atoms with E-state index in [0.29, 0.717) is 12.1 Å². The van der Waals surface area contributed by atoms with Crippen LogP contribution in [-0.2, 0) is 14.3 Å². The summed E-state index contributed by atoms with van der Waals surface area (Å²) < 4.78 is 5.31. The molecule has 140 valence electrons. The second-order valence-corrected chi connectivity index (χ2v) is 5.82. The van der Waals surface area contributed by atoms with Crippen LogP contribution < -0.4 is 10.6 Å². The van der Waals surface area contributed by atoms with E-state index >= 15 is 0 Å². The third-order valence-electron chi connectivity index (χ3n) is 3.64. The summed E-state index contributed by atoms with van der Waals surface area (Å²) in [6, 6.07) is 15.5. The Morgan fingerprint density at radius 2 is 1.70 bits per heavy atom. The van der Waals surface area contributed by atoms with Crippen molar-refractivity contribution >= 4 is 24.0 Å². The monoisotopic (exact) mass is 366 g/mol. The average molecular weight is 366 g/mol. The van der Waals surface area contributed by atoms with Gasteiger partial charge in [0.1, 0.15) is 0 Å². The molecule has 0 bridgehead atoms. The summed E-state index contributed by atoms with van der Waals surface area (Å²) in [5.74, 6) is -1.40. The Morgan fingerprint density at radius 1 is 1.04 bits per heavy atom. The quantitative estimate of drug-likeness (QED) is 0.608. The molecule has 2 rings (SSSR count). The van der Waals surface area contributed by atoms with Crippen molar-refractivity contribution in [3.8, 4) is 0 Å². The molecule has 0 aliphatic heterocycles. The molecule has 0 saturated carbocycles. The molecule has 0 unspecified atom stereocenters. The van der Waals surface area contributed by atoms with E-state index in [1.54, 1.807) is 43.3 Å². The van der Waals surface area contributed by atoms with Gasteiger partial charge in [-0.05, 0) is 25.5 Å². The van der Waals surface area contributed by atoms with Crippen molar-refractivity contribution in [2.75, 3.05) is 6.54 Å². The topological polar surface area (TPSA) is 84.5 Å². The maximum atomic E-state index is 12.4. The van der Waals surface area contributed by atoms with Crippen molar-refractivity contribution in [3.05, 3.63) is 77.4 Å². The van der Waals surface area contributed by atoms with Gasteiger partial charge in [0, 0.05) is 18.2 Å². The molecule has 27 heavy (non-hydrogen) atoms. The number of aryl methyl sites for hydroxylation is 1. The Balaban J connectivity index is 2.11. The highest BCUT2D eigenvalue weighted by atomic mass is 16.5. The molecule has 0 aliphatic carbocycles. The summed E-state index contributed by atoms with van der Waals surface area (Å²) in [6.45, 7) is 4.07. The summed E-state index contributed by atoms with van der Waals surface area (Å²) in [7, 11) is 0. The van der Waals surface area contributed by atoms with Crippen molar-refractivity contribution in [1.82, 2.24) is 10.6 Å². The van der Waals surface area contributed by atoms with Gasteiger partial charge < -0.3 is 10.1 Å². The summed E-state index contributed by atoms with van der Waals surface area (Å²) in [5.41, 5.74) is 2.41. The van der Waals surface area contributed by atoms with E-state index in [4.69, 9.17) is 4.74 Å². The normalized spacial score (nSPS) is 11.6. The number of carbonyl (C=O) groups excluding carboxylic acids is 3. The first-order valence-electron chi connectivity index (χ1n) is 8.58. The predicted octanol–water partition coefficient (Wildman–Crippen LogP) is 3.14. The lowest BCUT2D eigenvalue weighted by Crippen LogP contribution is -2.42. The van der Waals surface area contributed by atoms with Gasteiger partial charge >= 0.3 is 12.0 Å². The molecule has 3 amide bonds. The van der Waals surface area contributed by atoms with Crippen LogP contribution in [0, 0.1) is 6.92 Å². The van der Waals surface area contributed by atoms with E-state index in [2.05, 4.69) is 10.6 Å². The molecule has 6 heteroatoms. The Bertz CT molecular complexity index is 814. The van der Waals surface area contributed by atoms with Crippen molar-refractivity contribution in [3.63, 3.8) is 0 Å². The van der Waals surface area contributed by atoms with Gasteiger partial charge in [0.2, 0.25) is 6.10 Å². The van der Waals surface area contributed by atoms with Crippen LogP contribution in [0.15, 0.2) is 60.7 Å². The number of imide groups is 1. The summed E-state index contributed by atoms with van der Waals surface area (Å²) in [4.78, 5) is 36.2. The number of ether oxygens (including phenoxy) is 1. The van der Waals surface area contributed by atoms with Crippen LogP contribution in [0.1, 0.15) is 29.7 Å². The summed E-state index contributed by atoms with van der Waals surface area (Å²) >= 11 is 0. The van der Waals surface area contributed by atoms with Crippen molar-refractivity contribution in [2.24, 2.45) is 0 Å². The first kappa shape index (κ1) is 19.9. The standard InChI is InChI=1S/C21H22N2O4/c1-3-22-21(26)23-20(25)19(17-7-5-4-6-8-17)27-18(24)14-13-16-11-9-15(2)10-12-16/h4-14,19H,3H2,1-2H3,(H2,22,23,25,26)/b14-13+/t19-/m0/s1. The lowest BCUT2D eigenvalue weighted by molar-refractivity contribution is -0.151. The fraction of sp³-hybridized carbons (Fsp3) is 0.190. The van der Waals surface area contributed by atoms with Crippen LogP contribution in [0.3, 0.4) is 0 Å². The van der Waals surface area contributed by atoms with E-state index in [0.717, 1.165) is 11.1 Å². The summed E-state index contributed by atoms with van der Waals surface area (Å²) in [6.07, 6.45) is 1.62. The van der Waals surface area contributed by atoms with Crippen molar-refractivity contribution < 1.29 is 19.1 Å². The minimum Gasteiger partial charge on any atom is -0.444 e. The minimum absolute atomic E-state index is 0.369. The molecular formula is C21H22N2O4. The van der Waals surface area contributed by atoms with E-state index < -0.39 is 24.0 Å². The number of rotatable bonds is 6. The van der Waals surface area contributed by atoms with Gasteiger partial charge in [-0.1, -0.05) is 60.2 Å². The molecular weight excluding hydrogens is 344 g/mol. The van der Waals surface area contributed by atoms with Gasteiger partial charge in [-0.2, -0.15) is 0 Å². The Hall–Kier alpha value is -3.41. The van der Waals surface area contributed by atoms with Crippen molar-refractivity contribution in [2.45, 2.75) is 20.0 Å². The van der Waals surface area contributed by atoms with E-state index in [1.807, 2.05) is 31.2 Å². The fourth-order valence-corrected chi connectivity index (χ4v) is 2.28. The Morgan fingerprint density at radius 3 is 2.33 bits per heavy atom. The molecule has 0 aromatic heterocycles. The number of esters is 1. The maximum absolute atomic E-state index is 12.4. The Labute approximate surface area is 158 Å². The maximum Gasteiger partial charge on any atom is 0.331 e. The van der Waals surface area contributed by atoms with Gasteiger partial charge in [-0.3, -0.25) is 10.1 Å². The van der Waals surface area contributed by atoms with Gasteiger partial charge in [-0.25, -0.2) is 9.59 Å². The molecule has 2 N–H and O–H groups in total. The number of carbonyl (C=O) groups is 3. The largest absolute Gasteiger partial charge is 0.444 e. The molecule has 0 saturated heterocycles. The molecule has 0 fully saturated rings. The highest BCUT2D eigenvalue weighted by Crippen LogP contribution is 2.18. The average Bonchev–Trinajstić information content (AvgIpc) is 2.66. The predicted molar refractivity (Wildman–Crippen MR) is 103 cm³/mol. The van der Waals surface area contributed by atoms with Gasteiger partial charge in [0.15, 0.2) is 0 Å². The number of hydrogen-bond donors (Lipinski definition) is 2.